The van der Waals surface area contributed by atoms with Crippen LogP contribution in [0.5, 0.6) is 0 Å². The number of nitrogens with zero attached hydrogens (tertiary/aromatic N) is 3. The smallest absolute Gasteiger partial charge is 0.329 e. The van der Waals surface area contributed by atoms with Gasteiger partial charge in [-0.2, -0.15) is 0 Å². The molecule has 2 heterocycles. The van der Waals surface area contributed by atoms with Gasteiger partial charge >= 0.3 is 5.97 Å². The van der Waals surface area contributed by atoms with Gasteiger partial charge in [0.1, 0.15) is 6.61 Å². The Bertz CT molecular complexity index is 462. The van der Waals surface area contributed by atoms with Gasteiger partial charge < -0.3 is 14.4 Å². The van der Waals surface area contributed by atoms with Crippen LogP contribution in [-0.4, -0.2) is 51.3 Å². The maximum Gasteiger partial charge on any atom is 0.329 e. The quantitative estimate of drug-likeness (QED) is 0.849. The van der Waals surface area contributed by atoms with Gasteiger partial charge in [0, 0.05) is 31.9 Å². The van der Waals surface area contributed by atoms with Gasteiger partial charge in [0.25, 0.3) is 0 Å². The molecule has 1 saturated carbocycles. The van der Waals surface area contributed by atoms with Gasteiger partial charge in [-0.15, -0.1) is 0 Å². The maximum absolute atomic E-state index is 10.5. The lowest BCUT2D eigenvalue weighted by Crippen LogP contribution is -2.37. The molecule has 0 amide bonds. The standard InChI is InChI=1S/C14H21N3O3/c18-14(19)9-20-13-3-5-16(6-4-13)8-12-7-15-10-17(12)11-1-2-11/h7,10-11,13H,1-6,8-9H2,(H,18,19). The molecule has 0 unspecified atom stereocenters. The van der Waals surface area contributed by atoms with Crippen LogP contribution in [-0.2, 0) is 16.1 Å². The van der Waals surface area contributed by atoms with E-state index in [0.29, 0.717) is 6.04 Å². The molecule has 0 radical (unpaired) electrons. The number of rotatable bonds is 6. The third kappa shape index (κ3) is 3.37. The largest absolute Gasteiger partial charge is 0.480 e. The van der Waals surface area contributed by atoms with Gasteiger partial charge in [0.2, 0.25) is 0 Å². The highest BCUT2D eigenvalue weighted by Gasteiger charge is 2.27. The highest BCUT2D eigenvalue weighted by molar-refractivity contribution is 5.68. The van der Waals surface area contributed by atoms with E-state index in [2.05, 4.69) is 14.5 Å². The average Bonchev–Trinajstić information content (AvgIpc) is 3.18. The van der Waals surface area contributed by atoms with Crippen molar-refractivity contribution in [1.29, 1.82) is 0 Å². The number of hydrogen-bond acceptors (Lipinski definition) is 4. The molecule has 0 bridgehead atoms. The molecule has 1 saturated heterocycles. The monoisotopic (exact) mass is 279 g/mol. The molecule has 1 aliphatic heterocycles. The molecule has 110 valence electrons. The molecule has 6 nitrogen and oxygen atoms in total. The van der Waals surface area contributed by atoms with Crippen LogP contribution in [0.2, 0.25) is 0 Å². The summed E-state index contributed by atoms with van der Waals surface area (Å²) in [7, 11) is 0. The van der Waals surface area contributed by atoms with Crippen molar-refractivity contribution < 1.29 is 14.6 Å². The fraction of sp³-hybridized carbons (Fsp3) is 0.714. The van der Waals surface area contributed by atoms with Gasteiger partial charge in [-0.3, -0.25) is 4.90 Å². The van der Waals surface area contributed by atoms with E-state index >= 15 is 0 Å². The lowest BCUT2D eigenvalue weighted by Gasteiger charge is -2.31. The lowest BCUT2D eigenvalue weighted by molar-refractivity contribution is -0.145. The Kier molecular flexibility index (Phi) is 4.03. The second-order valence-electron chi connectivity index (χ2n) is 5.70. The third-order valence-electron chi connectivity index (χ3n) is 4.05. The summed E-state index contributed by atoms with van der Waals surface area (Å²) in [4.78, 5) is 17.1. The number of carboxylic acid groups (broad SMARTS) is 1. The second kappa shape index (κ2) is 5.93. The highest BCUT2D eigenvalue weighted by atomic mass is 16.5. The summed E-state index contributed by atoms with van der Waals surface area (Å²) in [5.41, 5.74) is 1.29. The van der Waals surface area contributed by atoms with Crippen LogP contribution in [0, 0.1) is 0 Å². The first kappa shape index (κ1) is 13.6. The van der Waals surface area contributed by atoms with Gasteiger partial charge in [-0.05, 0) is 25.7 Å². The van der Waals surface area contributed by atoms with Crippen molar-refractivity contribution in [2.24, 2.45) is 0 Å². The van der Waals surface area contributed by atoms with E-state index in [1.807, 2.05) is 12.5 Å². The summed E-state index contributed by atoms with van der Waals surface area (Å²) < 4.78 is 7.65. The molecule has 0 spiro atoms. The van der Waals surface area contributed by atoms with Crippen LogP contribution in [0.4, 0.5) is 0 Å². The van der Waals surface area contributed by atoms with Gasteiger partial charge in [-0.1, -0.05) is 0 Å². The molecular weight excluding hydrogens is 258 g/mol. The molecule has 2 fully saturated rings. The zero-order valence-electron chi connectivity index (χ0n) is 11.6. The number of hydrogen-bond donors (Lipinski definition) is 1. The molecule has 0 atom stereocenters. The fourth-order valence-corrected chi connectivity index (χ4v) is 2.79. The molecule has 1 aromatic heterocycles. The topological polar surface area (TPSA) is 67.6 Å². The maximum atomic E-state index is 10.5. The second-order valence-corrected chi connectivity index (χ2v) is 5.70. The predicted molar refractivity (Wildman–Crippen MR) is 72.4 cm³/mol. The highest BCUT2D eigenvalue weighted by Crippen LogP contribution is 2.35. The molecule has 1 aromatic rings. The molecule has 0 aromatic carbocycles. The number of carboxylic acids is 1. The van der Waals surface area contributed by atoms with Crippen molar-refractivity contribution in [2.75, 3.05) is 19.7 Å². The van der Waals surface area contributed by atoms with Gasteiger partial charge in [-0.25, -0.2) is 9.78 Å². The summed E-state index contributed by atoms with van der Waals surface area (Å²) in [6, 6.07) is 0.670. The summed E-state index contributed by atoms with van der Waals surface area (Å²) in [6.07, 6.45) is 8.36. The predicted octanol–water partition coefficient (Wildman–Crippen LogP) is 1.28. The van der Waals surface area contributed by atoms with Crippen molar-refractivity contribution >= 4 is 5.97 Å². The van der Waals surface area contributed by atoms with Crippen LogP contribution in [0.1, 0.15) is 37.4 Å². The molecule has 6 heteroatoms. The van der Waals surface area contributed by atoms with E-state index in [-0.39, 0.29) is 12.7 Å². The molecule has 20 heavy (non-hydrogen) atoms. The Morgan fingerprint density at radius 2 is 2.10 bits per heavy atom. The SMILES string of the molecule is O=C(O)COC1CCN(Cc2cncn2C2CC2)CC1. The van der Waals surface area contributed by atoms with E-state index in [1.165, 1.54) is 18.5 Å². The minimum atomic E-state index is -0.888. The molecule has 3 rings (SSSR count). The zero-order chi connectivity index (χ0) is 13.9. The molecule has 1 N–H and O–H groups in total. The first-order valence-corrected chi connectivity index (χ1v) is 7.29. The Balaban J connectivity index is 1.46. The number of imidazole rings is 1. The molecule has 2 aliphatic rings. The van der Waals surface area contributed by atoms with Crippen LogP contribution < -0.4 is 0 Å². The van der Waals surface area contributed by atoms with Crippen molar-refractivity contribution in [2.45, 2.75) is 44.4 Å². The normalized spacial score (nSPS) is 21.2. The Hall–Kier alpha value is -1.40. The summed E-state index contributed by atoms with van der Waals surface area (Å²) in [5, 5.41) is 8.61. The van der Waals surface area contributed by atoms with Crippen molar-refractivity contribution in [3.63, 3.8) is 0 Å². The summed E-state index contributed by atoms with van der Waals surface area (Å²) in [6.45, 7) is 2.67. The third-order valence-corrected chi connectivity index (χ3v) is 4.05. The first-order valence-electron chi connectivity index (χ1n) is 7.29. The van der Waals surface area contributed by atoms with Crippen molar-refractivity contribution in [3.8, 4) is 0 Å². The van der Waals surface area contributed by atoms with Gasteiger partial charge in [0.15, 0.2) is 0 Å². The van der Waals surface area contributed by atoms with E-state index in [1.54, 1.807) is 0 Å². The number of ether oxygens (including phenoxy) is 1. The van der Waals surface area contributed by atoms with E-state index in [0.717, 1.165) is 32.5 Å². The lowest BCUT2D eigenvalue weighted by atomic mass is 10.1. The molecular formula is C14H21N3O3. The Labute approximate surface area is 118 Å². The van der Waals surface area contributed by atoms with E-state index < -0.39 is 5.97 Å². The van der Waals surface area contributed by atoms with Crippen molar-refractivity contribution in [1.82, 2.24) is 14.5 Å². The fourth-order valence-electron chi connectivity index (χ4n) is 2.79. The minimum absolute atomic E-state index is 0.0932. The van der Waals surface area contributed by atoms with E-state index in [9.17, 15) is 4.79 Å². The number of aliphatic carboxylic acids is 1. The van der Waals surface area contributed by atoms with Crippen LogP contribution in [0.3, 0.4) is 0 Å². The first-order chi connectivity index (χ1) is 9.72. The van der Waals surface area contributed by atoms with Crippen LogP contribution in [0.15, 0.2) is 12.5 Å². The number of aromatic nitrogens is 2. The number of likely N-dealkylation sites (tertiary alicyclic amines) is 1. The van der Waals surface area contributed by atoms with Gasteiger partial charge in [0.05, 0.1) is 18.1 Å². The van der Waals surface area contributed by atoms with Crippen molar-refractivity contribution in [3.05, 3.63) is 18.2 Å². The number of piperidine rings is 1. The average molecular weight is 279 g/mol. The Morgan fingerprint density at radius 1 is 1.35 bits per heavy atom. The summed E-state index contributed by atoms with van der Waals surface area (Å²) in [5.74, 6) is -0.888. The number of carbonyl (C=O) groups is 1. The zero-order valence-corrected chi connectivity index (χ0v) is 11.6. The van der Waals surface area contributed by atoms with E-state index in [4.69, 9.17) is 9.84 Å². The Morgan fingerprint density at radius 3 is 2.75 bits per heavy atom. The molecule has 1 aliphatic carbocycles. The van der Waals surface area contributed by atoms with Crippen LogP contribution in [0.25, 0.3) is 0 Å². The minimum Gasteiger partial charge on any atom is -0.480 e. The van der Waals surface area contributed by atoms with Crippen LogP contribution >= 0.6 is 0 Å². The summed E-state index contributed by atoms with van der Waals surface area (Å²) >= 11 is 0.